The van der Waals surface area contributed by atoms with Crippen molar-refractivity contribution in [1.29, 1.82) is 0 Å². The number of fused-ring (bicyclic) bond motifs is 1. The Morgan fingerprint density at radius 3 is 2.62 bits per heavy atom. The predicted octanol–water partition coefficient (Wildman–Crippen LogP) is 1.87. The molecule has 2 aliphatic rings. The highest BCUT2D eigenvalue weighted by atomic mass is 16.5. The van der Waals surface area contributed by atoms with Crippen LogP contribution in [0, 0.1) is 5.92 Å². The third kappa shape index (κ3) is 6.28. The fourth-order valence-corrected chi connectivity index (χ4v) is 4.71. The number of piperidine rings is 1. The van der Waals surface area contributed by atoms with E-state index in [9.17, 15) is 9.59 Å². The average Bonchev–Trinajstić information content (AvgIpc) is 3.15. The molecule has 0 spiro atoms. The average molecular weight is 402 g/mol. The minimum Gasteiger partial charge on any atom is -0.383 e. The largest absolute Gasteiger partial charge is 0.383 e. The predicted molar refractivity (Wildman–Crippen MR) is 114 cm³/mol. The van der Waals surface area contributed by atoms with Crippen molar-refractivity contribution < 1.29 is 14.3 Å². The summed E-state index contributed by atoms with van der Waals surface area (Å²) in [5.41, 5.74) is 2.99. The van der Waals surface area contributed by atoms with E-state index in [1.165, 1.54) is 30.9 Å². The minimum absolute atomic E-state index is 0.0956. The molecule has 0 saturated carbocycles. The van der Waals surface area contributed by atoms with E-state index >= 15 is 0 Å². The molecule has 160 valence electrons. The smallest absolute Gasteiger partial charge is 0.224 e. The Morgan fingerprint density at radius 1 is 1.24 bits per heavy atom. The first-order chi connectivity index (χ1) is 14.1. The van der Waals surface area contributed by atoms with Crippen LogP contribution >= 0.6 is 0 Å². The number of hydrogen-bond acceptors (Lipinski definition) is 4. The van der Waals surface area contributed by atoms with Crippen LogP contribution in [0.15, 0.2) is 24.3 Å². The van der Waals surface area contributed by atoms with Crippen LogP contribution in [0.5, 0.6) is 0 Å². The topological polar surface area (TPSA) is 61.9 Å². The quantitative estimate of drug-likeness (QED) is 0.686. The van der Waals surface area contributed by atoms with Crippen LogP contribution in [0.25, 0.3) is 0 Å². The third-order valence-electron chi connectivity index (χ3n) is 6.21. The molecule has 1 atom stereocenters. The molecule has 1 aliphatic carbocycles. The Hall–Kier alpha value is -1.92. The number of likely N-dealkylation sites (tertiary alicyclic amines) is 1. The van der Waals surface area contributed by atoms with Gasteiger partial charge in [-0.25, -0.2) is 0 Å². The summed E-state index contributed by atoms with van der Waals surface area (Å²) in [6, 6.07) is 9.40. The van der Waals surface area contributed by atoms with Crippen molar-refractivity contribution in [2.45, 2.75) is 45.1 Å². The van der Waals surface area contributed by atoms with Crippen molar-refractivity contribution in [2.24, 2.45) is 5.92 Å². The molecular formula is C23H35N3O3. The Labute approximate surface area is 174 Å². The minimum atomic E-state index is -0.0956. The number of benzene rings is 1. The molecule has 1 saturated heterocycles. The van der Waals surface area contributed by atoms with Crippen molar-refractivity contribution >= 4 is 11.8 Å². The lowest BCUT2D eigenvalue weighted by molar-refractivity contribution is -0.132. The van der Waals surface area contributed by atoms with Crippen molar-refractivity contribution in [1.82, 2.24) is 15.1 Å². The van der Waals surface area contributed by atoms with Crippen LogP contribution in [-0.2, 0) is 27.2 Å². The number of hydrogen-bond donors (Lipinski definition) is 1. The number of carbonyl (C=O) groups is 2. The normalized spacial score (nSPS) is 19.7. The molecule has 1 aromatic carbocycles. The van der Waals surface area contributed by atoms with E-state index in [4.69, 9.17) is 4.74 Å². The van der Waals surface area contributed by atoms with Crippen LogP contribution in [-0.4, -0.2) is 74.1 Å². The van der Waals surface area contributed by atoms with E-state index < -0.39 is 0 Å². The number of nitrogens with zero attached hydrogens (tertiary/aromatic N) is 2. The van der Waals surface area contributed by atoms with Gasteiger partial charge in [0.15, 0.2) is 0 Å². The second-order valence-electron chi connectivity index (χ2n) is 8.40. The summed E-state index contributed by atoms with van der Waals surface area (Å²) in [6.45, 7) is 6.02. The van der Waals surface area contributed by atoms with Gasteiger partial charge in [0.2, 0.25) is 11.8 Å². The van der Waals surface area contributed by atoms with Crippen molar-refractivity contribution in [2.75, 3.05) is 46.4 Å². The molecule has 2 amide bonds. The fraction of sp³-hybridized carbons (Fsp3) is 0.652. The Morgan fingerprint density at radius 2 is 1.97 bits per heavy atom. The van der Waals surface area contributed by atoms with Gasteiger partial charge in [0.25, 0.3) is 0 Å². The van der Waals surface area contributed by atoms with E-state index in [1.54, 1.807) is 7.11 Å². The van der Waals surface area contributed by atoms with Gasteiger partial charge in [0.05, 0.1) is 6.61 Å². The molecular weight excluding hydrogens is 366 g/mol. The number of nitrogens with one attached hydrogen (secondary N) is 1. The molecule has 1 fully saturated rings. The van der Waals surface area contributed by atoms with Crippen LogP contribution in [0.1, 0.15) is 37.3 Å². The van der Waals surface area contributed by atoms with Gasteiger partial charge >= 0.3 is 0 Å². The molecule has 29 heavy (non-hydrogen) atoms. The lowest BCUT2D eigenvalue weighted by Crippen LogP contribution is -2.47. The molecule has 3 rings (SSSR count). The molecule has 1 N–H and O–H groups in total. The van der Waals surface area contributed by atoms with Gasteiger partial charge in [-0.1, -0.05) is 24.3 Å². The summed E-state index contributed by atoms with van der Waals surface area (Å²) < 4.78 is 5.22. The lowest BCUT2D eigenvalue weighted by atomic mass is 9.95. The molecule has 6 heteroatoms. The van der Waals surface area contributed by atoms with Crippen molar-refractivity contribution in [3.8, 4) is 0 Å². The van der Waals surface area contributed by atoms with Gasteiger partial charge in [-0.2, -0.15) is 0 Å². The standard InChI is InChI=1S/C23H35N3O3/c1-18(27)24-10-9-23(28)26(12-13-29-2)17-19-6-5-11-25(16-19)22-14-20-7-3-4-8-21(20)15-22/h3-4,7-8,19,22H,5-6,9-17H2,1-2H3,(H,24,27)/t19-/m0/s1. The summed E-state index contributed by atoms with van der Waals surface area (Å²) in [4.78, 5) is 28.3. The molecule has 1 aromatic rings. The van der Waals surface area contributed by atoms with Gasteiger partial charge < -0.3 is 15.0 Å². The van der Waals surface area contributed by atoms with E-state index in [0.717, 1.165) is 32.5 Å². The molecule has 1 aliphatic heterocycles. The van der Waals surface area contributed by atoms with Crippen LogP contribution in [0.4, 0.5) is 0 Å². The van der Waals surface area contributed by atoms with E-state index in [2.05, 4.69) is 34.5 Å². The first kappa shape index (κ1) is 21.8. The van der Waals surface area contributed by atoms with Gasteiger partial charge in [0, 0.05) is 52.7 Å². The Bertz CT molecular complexity index is 669. The zero-order chi connectivity index (χ0) is 20.6. The summed E-state index contributed by atoms with van der Waals surface area (Å²) in [5.74, 6) is 0.497. The molecule has 1 heterocycles. The number of ether oxygens (including phenoxy) is 1. The first-order valence-corrected chi connectivity index (χ1v) is 10.9. The molecule has 0 bridgehead atoms. The fourth-order valence-electron chi connectivity index (χ4n) is 4.71. The highest BCUT2D eigenvalue weighted by Crippen LogP contribution is 2.29. The number of amides is 2. The summed E-state index contributed by atoms with van der Waals surface area (Å²) in [6.07, 6.45) is 4.99. The molecule has 0 unspecified atom stereocenters. The second kappa shape index (κ2) is 10.7. The maximum atomic E-state index is 12.7. The van der Waals surface area contributed by atoms with Gasteiger partial charge in [-0.05, 0) is 49.3 Å². The zero-order valence-electron chi connectivity index (χ0n) is 17.9. The van der Waals surface area contributed by atoms with Gasteiger partial charge in [-0.3, -0.25) is 14.5 Å². The molecule has 0 radical (unpaired) electrons. The van der Waals surface area contributed by atoms with Crippen LogP contribution in [0.3, 0.4) is 0 Å². The summed E-state index contributed by atoms with van der Waals surface area (Å²) >= 11 is 0. The van der Waals surface area contributed by atoms with Gasteiger partial charge in [0.1, 0.15) is 0 Å². The number of carbonyl (C=O) groups excluding carboxylic acids is 2. The highest BCUT2D eigenvalue weighted by molar-refractivity contribution is 5.78. The van der Waals surface area contributed by atoms with Crippen LogP contribution in [0.2, 0.25) is 0 Å². The lowest BCUT2D eigenvalue weighted by Gasteiger charge is -2.38. The highest BCUT2D eigenvalue weighted by Gasteiger charge is 2.31. The van der Waals surface area contributed by atoms with Gasteiger partial charge in [-0.15, -0.1) is 0 Å². The first-order valence-electron chi connectivity index (χ1n) is 10.9. The number of rotatable bonds is 9. The SMILES string of the molecule is COCCN(C[C@H]1CCCN(C2Cc3ccccc3C2)C1)C(=O)CCNC(C)=O. The van der Waals surface area contributed by atoms with Crippen molar-refractivity contribution in [3.63, 3.8) is 0 Å². The maximum Gasteiger partial charge on any atom is 0.224 e. The molecule has 6 nitrogen and oxygen atoms in total. The molecule has 0 aromatic heterocycles. The Balaban J connectivity index is 1.53. The summed E-state index contributed by atoms with van der Waals surface area (Å²) in [7, 11) is 1.67. The Kier molecular flexibility index (Phi) is 8.07. The number of methoxy groups -OCH3 is 1. The van der Waals surface area contributed by atoms with E-state index in [0.29, 0.717) is 38.1 Å². The van der Waals surface area contributed by atoms with E-state index in [1.807, 2.05) is 4.90 Å². The third-order valence-corrected chi connectivity index (χ3v) is 6.21. The summed E-state index contributed by atoms with van der Waals surface area (Å²) in [5, 5.41) is 2.72. The maximum absolute atomic E-state index is 12.7. The monoisotopic (exact) mass is 401 g/mol. The second-order valence-corrected chi connectivity index (χ2v) is 8.40. The van der Waals surface area contributed by atoms with Crippen molar-refractivity contribution in [3.05, 3.63) is 35.4 Å². The zero-order valence-corrected chi connectivity index (χ0v) is 17.9. The van der Waals surface area contributed by atoms with E-state index in [-0.39, 0.29) is 11.8 Å². The van der Waals surface area contributed by atoms with Crippen LogP contribution < -0.4 is 5.32 Å².